The summed E-state index contributed by atoms with van der Waals surface area (Å²) in [7, 11) is 0. The lowest BCUT2D eigenvalue weighted by molar-refractivity contribution is -0.137. The molecule has 0 saturated heterocycles. The molecule has 0 saturated carbocycles. The molecule has 154 valence electrons. The second kappa shape index (κ2) is 9.10. The number of pyridine rings is 1. The summed E-state index contributed by atoms with van der Waals surface area (Å²) >= 11 is 10.7. The van der Waals surface area contributed by atoms with Gasteiger partial charge in [-0.25, -0.2) is 0 Å². The monoisotopic (exact) mass is 450 g/mol. The van der Waals surface area contributed by atoms with Gasteiger partial charge in [-0.15, -0.1) is 0 Å². The SMILES string of the molecule is O=C(Nc1ccc(NC(=S)Nc2ccc(Cl)c(C(F)(F)F)c2)cc1)c1ccccn1. The van der Waals surface area contributed by atoms with Crippen molar-refractivity contribution in [3.8, 4) is 0 Å². The highest BCUT2D eigenvalue weighted by atomic mass is 35.5. The number of hydrogen-bond acceptors (Lipinski definition) is 3. The third-order valence-corrected chi connectivity index (χ3v) is 4.36. The summed E-state index contributed by atoms with van der Waals surface area (Å²) in [6, 6.07) is 15.0. The van der Waals surface area contributed by atoms with Crippen molar-refractivity contribution in [3.63, 3.8) is 0 Å². The molecule has 3 N–H and O–H groups in total. The van der Waals surface area contributed by atoms with Gasteiger partial charge in [0.1, 0.15) is 5.69 Å². The van der Waals surface area contributed by atoms with Crippen molar-refractivity contribution in [2.45, 2.75) is 6.18 Å². The maximum Gasteiger partial charge on any atom is 0.417 e. The minimum Gasteiger partial charge on any atom is -0.332 e. The number of nitrogens with zero attached hydrogens (tertiary/aromatic N) is 1. The van der Waals surface area contributed by atoms with E-state index in [1.165, 1.54) is 12.3 Å². The molecule has 0 aliphatic heterocycles. The first kappa shape index (κ1) is 21.5. The molecule has 3 aromatic rings. The van der Waals surface area contributed by atoms with Crippen molar-refractivity contribution in [2.24, 2.45) is 0 Å². The van der Waals surface area contributed by atoms with Gasteiger partial charge in [0.05, 0.1) is 10.6 Å². The average molecular weight is 451 g/mol. The van der Waals surface area contributed by atoms with E-state index in [1.54, 1.807) is 42.5 Å². The van der Waals surface area contributed by atoms with Crippen LogP contribution in [0.3, 0.4) is 0 Å². The lowest BCUT2D eigenvalue weighted by atomic mass is 10.2. The zero-order chi connectivity index (χ0) is 21.7. The lowest BCUT2D eigenvalue weighted by Crippen LogP contribution is -2.19. The normalized spacial score (nSPS) is 10.9. The van der Waals surface area contributed by atoms with Gasteiger partial charge in [-0.1, -0.05) is 17.7 Å². The van der Waals surface area contributed by atoms with E-state index in [1.807, 2.05) is 0 Å². The van der Waals surface area contributed by atoms with Crippen molar-refractivity contribution < 1.29 is 18.0 Å². The Morgan fingerprint density at radius 1 is 0.900 bits per heavy atom. The van der Waals surface area contributed by atoms with Gasteiger partial charge in [-0.2, -0.15) is 13.2 Å². The Morgan fingerprint density at radius 2 is 1.50 bits per heavy atom. The van der Waals surface area contributed by atoms with Crippen LogP contribution in [-0.4, -0.2) is 16.0 Å². The summed E-state index contributed by atoms with van der Waals surface area (Å²) in [6.07, 6.45) is -3.05. The Kier molecular flexibility index (Phi) is 6.53. The summed E-state index contributed by atoms with van der Waals surface area (Å²) in [5.74, 6) is -0.350. The average Bonchev–Trinajstić information content (AvgIpc) is 2.70. The van der Waals surface area contributed by atoms with Gasteiger partial charge in [0, 0.05) is 23.3 Å². The predicted molar refractivity (Wildman–Crippen MR) is 115 cm³/mol. The van der Waals surface area contributed by atoms with E-state index in [0.29, 0.717) is 11.4 Å². The quantitative estimate of drug-likeness (QED) is 0.437. The third kappa shape index (κ3) is 5.68. The van der Waals surface area contributed by atoms with Crippen LogP contribution in [0.4, 0.5) is 30.2 Å². The van der Waals surface area contributed by atoms with Crippen LogP contribution in [0, 0.1) is 0 Å². The number of hydrogen-bond donors (Lipinski definition) is 3. The number of nitrogens with one attached hydrogen (secondary N) is 3. The molecule has 0 radical (unpaired) electrons. The van der Waals surface area contributed by atoms with Gasteiger partial charge in [0.15, 0.2) is 5.11 Å². The van der Waals surface area contributed by atoms with E-state index in [2.05, 4.69) is 20.9 Å². The number of rotatable bonds is 4. The molecule has 1 amide bonds. The molecule has 1 heterocycles. The fourth-order valence-electron chi connectivity index (χ4n) is 2.44. The molecule has 0 atom stereocenters. The van der Waals surface area contributed by atoms with Crippen LogP contribution in [0.2, 0.25) is 5.02 Å². The Hall–Kier alpha value is -3.17. The van der Waals surface area contributed by atoms with Crippen molar-refractivity contribution >= 4 is 51.9 Å². The van der Waals surface area contributed by atoms with Crippen LogP contribution >= 0.6 is 23.8 Å². The molecule has 0 aliphatic carbocycles. The Bertz CT molecular complexity index is 1060. The number of benzene rings is 2. The molecule has 10 heteroatoms. The molecule has 2 aromatic carbocycles. The second-order valence-electron chi connectivity index (χ2n) is 6.02. The minimum atomic E-state index is -4.57. The standard InChI is InChI=1S/C20H14ClF3N4OS/c21-16-9-8-14(11-15(16)20(22,23)24)28-19(30)27-13-6-4-12(5-7-13)26-18(29)17-3-1-2-10-25-17/h1-11H,(H,26,29)(H2,27,28,30). The number of carbonyl (C=O) groups is 1. The largest absolute Gasteiger partial charge is 0.417 e. The van der Waals surface area contributed by atoms with Crippen molar-refractivity contribution in [2.75, 3.05) is 16.0 Å². The van der Waals surface area contributed by atoms with E-state index in [-0.39, 0.29) is 22.4 Å². The van der Waals surface area contributed by atoms with Gasteiger partial charge in [-0.3, -0.25) is 9.78 Å². The van der Waals surface area contributed by atoms with E-state index in [4.69, 9.17) is 23.8 Å². The van der Waals surface area contributed by atoms with E-state index in [9.17, 15) is 18.0 Å². The zero-order valence-electron chi connectivity index (χ0n) is 15.1. The first-order chi connectivity index (χ1) is 14.2. The summed E-state index contributed by atoms with van der Waals surface area (Å²) < 4.78 is 38.9. The predicted octanol–water partition coefficient (Wildman–Crippen LogP) is 5.82. The van der Waals surface area contributed by atoms with E-state index >= 15 is 0 Å². The number of anilines is 3. The van der Waals surface area contributed by atoms with Crippen LogP contribution in [0.25, 0.3) is 0 Å². The summed E-state index contributed by atoms with van der Waals surface area (Å²) in [5.41, 5.74) is 0.593. The van der Waals surface area contributed by atoms with Crippen LogP contribution in [0.1, 0.15) is 16.1 Å². The third-order valence-electron chi connectivity index (χ3n) is 3.83. The summed E-state index contributed by atoms with van der Waals surface area (Å²) in [6.45, 7) is 0. The molecule has 1 aromatic heterocycles. The fraction of sp³-hybridized carbons (Fsp3) is 0.0500. The fourth-order valence-corrected chi connectivity index (χ4v) is 2.90. The first-order valence-electron chi connectivity index (χ1n) is 8.49. The number of halogens is 4. The Balaban J connectivity index is 1.60. The minimum absolute atomic E-state index is 0.0933. The molecule has 0 bridgehead atoms. The number of amides is 1. The Labute approximate surface area is 180 Å². The number of carbonyl (C=O) groups excluding carboxylic acids is 1. The molecule has 0 spiro atoms. The summed E-state index contributed by atoms with van der Waals surface area (Å²) in [5, 5.41) is 7.95. The maximum absolute atomic E-state index is 13.0. The lowest BCUT2D eigenvalue weighted by Gasteiger charge is -2.14. The van der Waals surface area contributed by atoms with Crippen LogP contribution in [-0.2, 0) is 6.18 Å². The van der Waals surface area contributed by atoms with Crippen molar-refractivity contribution in [1.29, 1.82) is 0 Å². The second-order valence-corrected chi connectivity index (χ2v) is 6.83. The highest BCUT2D eigenvalue weighted by Crippen LogP contribution is 2.36. The van der Waals surface area contributed by atoms with Gasteiger partial charge in [-0.05, 0) is 66.8 Å². The molecule has 5 nitrogen and oxygen atoms in total. The van der Waals surface area contributed by atoms with Crippen molar-refractivity contribution in [1.82, 2.24) is 4.98 Å². The molecule has 30 heavy (non-hydrogen) atoms. The molecule has 0 aliphatic rings. The maximum atomic E-state index is 13.0. The van der Waals surface area contributed by atoms with Gasteiger partial charge in [0.2, 0.25) is 0 Å². The zero-order valence-corrected chi connectivity index (χ0v) is 16.7. The van der Waals surface area contributed by atoms with Crippen LogP contribution < -0.4 is 16.0 Å². The van der Waals surface area contributed by atoms with Crippen LogP contribution in [0.15, 0.2) is 66.9 Å². The summed E-state index contributed by atoms with van der Waals surface area (Å²) in [4.78, 5) is 16.1. The molecule has 3 rings (SSSR count). The number of aromatic nitrogens is 1. The molecule has 0 unspecified atom stereocenters. The topological polar surface area (TPSA) is 66.1 Å². The highest BCUT2D eigenvalue weighted by Gasteiger charge is 2.33. The van der Waals surface area contributed by atoms with Crippen LogP contribution in [0.5, 0.6) is 0 Å². The number of thiocarbonyl (C=S) groups is 1. The first-order valence-corrected chi connectivity index (χ1v) is 9.28. The molecular weight excluding hydrogens is 437 g/mol. The van der Waals surface area contributed by atoms with Gasteiger partial charge in [0.25, 0.3) is 5.91 Å². The molecular formula is C20H14ClF3N4OS. The van der Waals surface area contributed by atoms with E-state index < -0.39 is 16.8 Å². The van der Waals surface area contributed by atoms with Gasteiger partial charge >= 0.3 is 6.18 Å². The highest BCUT2D eigenvalue weighted by molar-refractivity contribution is 7.80. The van der Waals surface area contributed by atoms with E-state index in [0.717, 1.165) is 12.1 Å². The van der Waals surface area contributed by atoms with Gasteiger partial charge < -0.3 is 16.0 Å². The smallest absolute Gasteiger partial charge is 0.332 e. The Morgan fingerprint density at radius 3 is 2.10 bits per heavy atom. The number of alkyl halides is 3. The molecule has 0 fully saturated rings. The van der Waals surface area contributed by atoms with Crippen molar-refractivity contribution in [3.05, 3.63) is 83.1 Å².